The number of aromatic nitrogens is 2. The number of benzene rings is 1. The number of hydrogen-bond acceptors (Lipinski definition) is 7. The summed E-state index contributed by atoms with van der Waals surface area (Å²) in [5, 5.41) is 4.47. The number of nitrogens with zero attached hydrogens (tertiary/aromatic N) is 3. The zero-order valence-corrected chi connectivity index (χ0v) is 16.1. The lowest BCUT2D eigenvalue weighted by molar-refractivity contribution is 0.266. The SMILES string of the molecule is COc1ccc2nc(N3CCNC[C@@H]3COc3cccnc3)sc2c1.Cl. The molecule has 3 aromatic rings. The van der Waals surface area contributed by atoms with Crippen molar-refractivity contribution in [3.8, 4) is 11.5 Å². The van der Waals surface area contributed by atoms with E-state index in [9.17, 15) is 0 Å². The number of thiazole rings is 1. The summed E-state index contributed by atoms with van der Waals surface area (Å²) in [6.07, 6.45) is 3.49. The predicted molar refractivity (Wildman–Crippen MR) is 107 cm³/mol. The molecule has 1 fully saturated rings. The van der Waals surface area contributed by atoms with Crippen molar-refractivity contribution in [2.45, 2.75) is 6.04 Å². The van der Waals surface area contributed by atoms with Crippen molar-refractivity contribution in [1.29, 1.82) is 0 Å². The van der Waals surface area contributed by atoms with Crippen LogP contribution in [0.2, 0.25) is 0 Å². The van der Waals surface area contributed by atoms with Crippen molar-refractivity contribution in [1.82, 2.24) is 15.3 Å². The minimum absolute atomic E-state index is 0. The molecule has 3 heterocycles. The number of rotatable bonds is 5. The average molecular weight is 393 g/mol. The molecule has 1 N–H and O–H groups in total. The van der Waals surface area contributed by atoms with Crippen LogP contribution in [0.3, 0.4) is 0 Å². The van der Waals surface area contributed by atoms with Gasteiger partial charge in [0.2, 0.25) is 0 Å². The van der Waals surface area contributed by atoms with Crippen LogP contribution in [0.5, 0.6) is 11.5 Å². The lowest BCUT2D eigenvalue weighted by Gasteiger charge is -2.35. The molecule has 8 heteroatoms. The van der Waals surface area contributed by atoms with Crippen molar-refractivity contribution in [3.63, 3.8) is 0 Å². The van der Waals surface area contributed by atoms with Gasteiger partial charge in [-0.1, -0.05) is 11.3 Å². The Kier molecular flexibility index (Phi) is 6.13. The molecule has 26 heavy (non-hydrogen) atoms. The molecule has 2 aromatic heterocycles. The molecule has 1 aliphatic heterocycles. The fourth-order valence-electron chi connectivity index (χ4n) is 2.93. The topological polar surface area (TPSA) is 59.5 Å². The number of halogens is 1. The van der Waals surface area contributed by atoms with Gasteiger partial charge in [0.15, 0.2) is 5.13 Å². The molecule has 6 nitrogen and oxygen atoms in total. The Balaban J connectivity index is 0.00000196. The molecule has 1 aromatic carbocycles. The number of anilines is 1. The summed E-state index contributed by atoms with van der Waals surface area (Å²) in [7, 11) is 1.69. The minimum atomic E-state index is 0. The van der Waals surface area contributed by atoms with Gasteiger partial charge in [-0.25, -0.2) is 4.98 Å². The smallest absolute Gasteiger partial charge is 0.186 e. The summed E-state index contributed by atoms with van der Waals surface area (Å²) < 4.78 is 12.4. The molecule has 0 aliphatic carbocycles. The third kappa shape index (κ3) is 4.00. The Hall–Kier alpha value is -2.09. The predicted octanol–water partition coefficient (Wildman–Crippen LogP) is 2.98. The molecule has 1 aliphatic rings. The lowest BCUT2D eigenvalue weighted by Crippen LogP contribution is -2.54. The van der Waals surface area contributed by atoms with Crippen molar-refractivity contribution < 1.29 is 9.47 Å². The van der Waals surface area contributed by atoms with Gasteiger partial charge in [0.25, 0.3) is 0 Å². The van der Waals surface area contributed by atoms with Gasteiger partial charge in [0.05, 0.1) is 29.6 Å². The van der Waals surface area contributed by atoms with E-state index in [2.05, 4.69) is 15.2 Å². The second kappa shape index (κ2) is 8.53. The van der Waals surface area contributed by atoms with Crippen LogP contribution in [0.25, 0.3) is 10.2 Å². The van der Waals surface area contributed by atoms with Crippen LogP contribution in [-0.2, 0) is 0 Å². The number of nitrogens with one attached hydrogen (secondary N) is 1. The summed E-state index contributed by atoms with van der Waals surface area (Å²) in [6.45, 7) is 3.33. The second-order valence-corrected chi connectivity index (χ2v) is 6.89. The highest BCUT2D eigenvalue weighted by Gasteiger charge is 2.25. The van der Waals surface area contributed by atoms with Gasteiger partial charge >= 0.3 is 0 Å². The van der Waals surface area contributed by atoms with Gasteiger partial charge in [-0.3, -0.25) is 4.98 Å². The third-order valence-electron chi connectivity index (χ3n) is 4.26. The number of hydrogen-bond donors (Lipinski definition) is 1. The van der Waals surface area contributed by atoms with Crippen LogP contribution in [0, 0.1) is 0 Å². The van der Waals surface area contributed by atoms with Crippen LogP contribution in [0.4, 0.5) is 5.13 Å². The van der Waals surface area contributed by atoms with Crippen LogP contribution in [0.15, 0.2) is 42.7 Å². The van der Waals surface area contributed by atoms with Gasteiger partial charge in [0, 0.05) is 25.8 Å². The molecule has 0 amide bonds. The minimum Gasteiger partial charge on any atom is -0.497 e. The summed E-state index contributed by atoms with van der Waals surface area (Å²) in [6, 6.07) is 10.0. The number of pyridine rings is 1. The summed E-state index contributed by atoms with van der Waals surface area (Å²) in [5.74, 6) is 1.65. The van der Waals surface area contributed by atoms with Gasteiger partial charge < -0.3 is 19.7 Å². The van der Waals surface area contributed by atoms with Gasteiger partial charge in [0.1, 0.15) is 18.1 Å². The molecule has 0 saturated carbocycles. The van der Waals surface area contributed by atoms with E-state index in [1.807, 2.05) is 30.3 Å². The van der Waals surface area contributed by atoms with E-state index in [0.29, 0.717) is 6.61 Å². The normalized spacial score (nSPS) is 17.0. The van der Waals surface area contributed by atoms with E-state index in [1.54, 1.807) is 30.8 Å². The van der Waals surface area contributed by atoms with Crippen molar-refractivity contribution in [3.05, 3.63) is 42.7 Å². The second-order valence-electron chi connectivity index (χ2n) is 5.88. The van der Waals surface area contributed by atoms with Crippen LogP contribution >= 0.6 is 23.7 Å². The number of methoxy groups -OCH3 is 1. The Morgan fingerprint density at radius 2 is 2.23 bits per heavy atom. The maximum absolute atomic E-state index is 5.92. The Morgan fingerprint density at radius 3 is 3.04 bits per heavy atom. The number of piperazine rings is 1. The first-order valence-electron chi connectivity index (χ1n) is 8.28. The molecule has 1 atom stereocenters. The van der Waals surface area contributed by atoms with Gasteiger partial charge in [-0.15, -0.1) is 12.4 Å². The molecular formula is C18H21ClN4O2S. The number of fused-ring (bicyclic) bond motifs is 1. The first-order valence-corrected chi connectivity index (χ1v) is 9.10. The molecule has 0 spiro atoms. The summed E-state index contributed by atoms with van der Waals surface area (Å²) >= 11 is 1.70. The maximum Gasteiger partial charge on any atom is 0.186 e. The van der Waals surface area contributed by atoms with Crippen LogP contribution < -0.4 is 19.7 Å². The largest absolute Gasteiger partial charge is 0.497 e. The van der Waals surface area contributed by atoms with Crippen LogP contribution in [0.1, 0.15) is 0 Å². The Morgan fingerprint density at radius 1 is 1.31 bits per heavy atom. The first-order chi connectivity index (χ1) is 12.3. The molecule has 0 unspecified atom stereocenters. The highest BCUT2D eigenvalue weighted by molar-refractivity contribution is 7.22. The van der Waals surface area contributed by atoms with E-state index < -0.39 is 0 Å². The average Bonchev–Trinajstić information content (AvgIpc) is 3.10. The van der Waals surface area contributed by atoms with Gasteiger partial charge in [-0.2, -0.15) is 0 Å². The summed E-state index contributed by atoms with van der Waals surface area (Å²) in [5.41, 5.74) is 1.01. The molecule has 4 rings (SSSR count). The lowest BCUT2D eigenvalue weighted by atomic mass is 10.2. The molecule has 0 radical (unpaired) electrons. The van der Waals surface area contributed by atoms with E-state index in [-0.39, 0.29) is 18.4 Å². The van der Waals surface area contributed by atoms with Crippen molar-refractivity contribution in [2.75, 3.05) is 38.3 Å². The number of ether oxygens (including phenoxy) is 2. The first kappa shape index (κ1) is 18.7. The highest BCUT2D eigenvalue weighted by Crippen LogP contribution is 2.32. The fraction of sp³-hybridized carbons (Fsp3) is 0.333. The maximum atomic E-state index is 5.92. The van der Waals surface area contributed by atoms with Gasteiger partial charge in [-0.05, 0) is 30.3 Å². The van der Waals surface area contributed by atoms with E-state index in [0.717, 1.165) is 46.5 Å². The third-order valence-corrected chi connectivity index (χ3v) is 5.31. The molecule has 0 bridgehead atoms. The van der Waals surface area contributed by atoms with Crippen molar-refractivity contribution in [2.24, 2.45) is 0 Å². The molecule has 138 valence electrons. The van der Waals surface area contributed by atoms with E-state index >= 15 is 0 Å². The zero-order chi connectivity index (χ0) is 17.1. The molecular weight excluding hydrogens is 372 g/mol. The van der Waals surface area contributed by atoms with E-state index in [1.165, 1.54) is 0 Å². The Labute approximate surface area is 162 Å². The monoisotopic (exact) mass is 392 g/mol. The van der Waals surface area contributed by atoms with Crippen LogP contribution in [-0.4, -0.2) is 49.4 Å². The summed E-state index contributed by atoms with van der Waals surface area (Å²) in [4.78, 5) is 11.2. The molecule has 1 saturated heterocycles. The zero-order valence-electron chi connectivity index (χ0n) is 14.4. The quantitative estimate of drug-likeness (QED) is 0.720. The van der Waals surface area contributed by atoms with Crippen molar-refractivity contribution >= 4 is 39.1 Å². The van der Waals surface area contributed by atoms with E-state index in [4.69, 9.17) is 14.5 Å². The standard InChI is InChI=1S/C18H20N4O2S.ClH/c1-23-14-4-5-16-17(9-14)25-18(21-16)22-8-7-20-10-13(22)12-24-15-3-2-6-19-11-15;/h2-6,9,11,13,20H,7-8,10,12H2,1H3;1H/t13-;/m1./s1. The Bertz CT molecular complexity index is 846. The highest BCUT2D eigenvalue weighted by atomic mass is 35.5. The fourth-order valence-corrected chi connectivity index (χ4v) is 4.02.